The first kappa shape index (κ1) is 18.9. The van der Waals surface area contributed by atoms with Crippen LogP contribution in [0.3, 0.4) is 0 Å². The standard InChI is InChI=1S/C14H26O6/c1-7-8-9-10-14(5,6)12(16)18-20-19-17-11(15)13(2,3)4/h7-10H2,1-6H3. The van der Waals surface area contributed by atoms with E-state index in [0.717, 1.165) is 19.3 Å². The minimum Gasteiger partial charge on any atom is -0.265 e. The molecule has 20 heavy (non-hydrogen) atoms. The van der Waals surface area contributed by atoms with Gasteiger partial charge in [0.15, 0.2) is 0 Å². The summed E-state index contributed by atoms with van der Waals surface area (Å²) in [6, 6.07) is 0. The molecular formula is C14H26O6. The summed E-state index contributed by atoms with van der Waals surface area (Å²) < 4.78 is 0. The maximum absolute atomic E-state index is 11.7. The smallest absolute Gasteiger partial charge is 0.265 e. The minimum absolute atomic E-state index is 0.569. The summed E-state index contributed by atoms with van der Waals surface area (Å²) in [7, 11) is 0. The Morgan fingerprint density at radius 3 is 1.80 bits per heavy atom. The third kappa shape index (κ3) is 7.45. The first-order valence-corrected chi connectivity index (χ1v) is 6.88. The lowest BCUT2D eigenvalue weighted by Gasteiger charge is -2.20. The van der Waals surface area contributed by atoms with Gasteiger partial charge in [-0.05, 0) is 41.0 Å². The average Bonchev–Trinajstić information content (AvgIpc) is 2.32. The molecule has 0 radical (unpaired) electrons. The van der Waals surface area contributed by atoms with Crippen LogP contribution in [0.2, 0.25) is 0 Å². The van der Waals surface area contributed by atoms with Gasteiger partial charge in [0, 0.05) is 10.1 Å². The van der Waals surface area contributed by atoms with Crippen LogP contribution in [0.25, 0.3) is 0 Å². The second-order valence-corrected chi connectivity index (χ2v) is 6.47. The van der Waals surface area contributed by atoms with Crippen LogP contribution in [0.15, 0.2) is 0 Å². The molecule has 0 fully saturated rings. The Morgan fingerprint density at radius 1 is 0.850 bits per heavy atom. The topological polar surface area (TPSA) is 71.1 Å². The van der Waals surface area contributed by atoms with Gasteiger partial charge in [0.05, 0.1) is 10.8 Å². The Bertz CT molecular complexity index is 316. The molecule has 0 atom stereocenters. The number of unbranched alkanes of at least 4 members (excludes halogenated alkanes) is 2. The van der Waals surface area contributed by atoms with Gasteiger partial charge in [-0.2, -0.15) is 0 Å². The molecule has 0 spiro atoms. The molecule has 0 aromatic rings. The van der Waals surface area contributed by atoms with E-state index >= 15 is 0 Å². The van der Waals surface area contributed by atoms with E-state index in [2.05, 4.69) is 26.8 Å². The van der Waals surface area contributed by atoms with E-state index in [-0.39, 0.29) is 0 Å². The second kappa shape index (κ2) is 8.21. The summed E-state index contributed by atoms with van der Waals surface area (Å²) in [6.45, 7) is 10.6. The summed E-state index contributed by atoms with van der Waals surface area (Å²) in [5.41, 5.74) is -1.40. The maximum Gasteiger partial charge on any atom is 0.351 e. The fraction of sp³-hybridized carbons (Fsp3) is 0.857. The van der Waals surface area contributed by atoms with Crippen LogP contribution in [0.5, 0.6) is 0 Å². The zero-order valence-electron chi connectivity index (χ0n) is 13.3. The molecule has 0 aromatic carbocycles. The van der Waals surface area contributed by atoms with Crippen molar-refractivity contribution in [3.63, 3.8) is 0 Å². The first-order chi connectivity index (χ1) is 9.11. The van der Waals surface area contributed by atoms with Gasteiger partial charge in [-0.25, -0.2) is 9.59 Å². The molecule has 0 saturated carbocycles. The van der Waals surface area contributed by atoms with Crippen molar-refractivity contribution < 1.29 is 29.4 Å². The van der Waals surface area contributed by atoms with Crippen LogP contribution in [0.4, 0.5) is 0 Å². The van der Waals surface area contributed by atoms with Crippen molar-refractivity contribution >= 4 is 11.9 Å². The highest BCUT2D eigenvalue weighted by Gasteiger charge is 2.31. The van der Waals surface area contributed by atoms with E-state index in [4.69, 9.17) is 0 Å². The van der Waals surface area contributed by atoms with Crippen molar-refractivity contribution in [2.75, 3.05) is 0 Å². The monoisotopic (exact) mass is 290 g/mol. The number of hydrogen-bond acceptors (Lipinski definition) is 6. The van der Waals surface area contributed by atoms with E-state index in [1.165, 1.54) is 0 Å². The van der Waals surface area contributed by atoms with E-state index in [9.17, 15) is 9.59 Å². The van der Waals surface area contributed by atoms with Gasteiger partial charge in [-0.1, -0.05) is 26.2 Å². The molecule has 6 heteroatoms. The third-order valence-corrected chi connectivity index (χ3v) is 2.82. The van der Waals surface area contributed by atoms with Crippen molar-refractivity contribution in [1.29, 1.82) is 0 Å². The Kier molecular flexibility index (Phi) is 7.75. The highest BCUT2D eigenvalue weighted by molar-refractivity contribution is 5.75. The molecule has 0 N–H and O–H groups in total. The van der Waals surface area contributed by atoms with Crippen molar-refractivity contribution in [2.24, 2.45) is 10.8 Å². The van der Waals surface area contributed by atoms with Crippen LogP contribution in [-0.4, -0.2) is 11.9 Å². The quantitative estimate of drug-likeness (QED) is 0.387. The fourth-order valence-electron chi connectivity index (χ4n) is 1.25. The van der Waals surface area contributed by atoms with Crippen molar-refractivity contribution in [3.8, 4) is 0 Å². The van der Waals surface area contributed by atoms with Gasteiger partial charge in [0.1, 0.15) is 0 Å². The summed E-state index contributed by atoms with van der Waals surface area (Å²) in [5, 5.41) is 8.28. The number of carbonyl (C=O) groups excluding carboxylic acids is 2. The van der Waals surface area contributed by atoms with Crippen molar-refractivity contribution in [2.45, 2.75) is 67.2 Å². The molecule has 118 valence electrons. The zero-order chi connectivity index (χ0) is 15.8. The minimum atomic E-state index is -0.729. The molecular weight excluding hydrogens is 264 g/mol. The molecule has 0 bridgehead atoms. The maximum atomic E-state index is 11.7. The van der Waals surface area contributed by atoms with Crippen molar-refractivity contribution in [1.82, 2.24) is 0 Å². The Hall–Kier alpha value is -1.14. The predicted molar refractivity (Wildman–Crippen MR) is 71.7 cm³/mol. The van der Waals surface area contributed by atoms with Gasteiger partial charge in [-0.3, -0.25) is 9.78 Å². The van der Waals surface area contributed by atoms with Crippen LogP contribution < -0.4 is 0 Å². The van der Waals surface area contributed by atoms with Crippen LogP contribution in [0, 0.1) is 10.8 Å². The molecule has 0 aromatic heterocycles. The summed E-state index contributed by atoms with van der Waals surface area (Å²) >= 11 is 0. The van der Waals surface area contributed by atoms with Crippen LogP contribution in [-0.2, 0) is 29.4 Å². The first-order valence-electron chi connectivity index (χ1n) is 6.88. The molecule has 0 saturated heterocycles. The fourth-order valence-corrected chi connectivity index (χ4v) is 1.25. The molecule has 0 aliphatic carbocycles. The Labute approximate surface area is 120 Å². The Balaban J connectivity index is 3.95. The third-order valence-electron chi connectivity index (χ3n) is 2.82. The normalized spacial score (nSPS) is 12.1. The molecule has 6 nitrogen and oxygen atoms in total. The summed E-state index contributed by atoms with van der Waals surface area (Å²) in [4.78, 5) is 31.8. The van der Waals surface area contributed by atoms with Gasteiger partial charge in [0.2, 0.25) is 0 Å². The van der Waals surface area contributed by atoms with Gasteiger partial charge in [-0.15, -0.1) is 0 Å². The van der Waals surface area contributed by atoms with Gasteiger partial charge in [0.25, 0.3) is 0 Å². The highest BCUT2D eigenvalue weighted by Crippen LogP contribution is 2.25. The summed E-state index contributed by atoms with van der Waals surface area (Å²) in [6.07, 6.45) is 3.74. The molecule has 0 aliphatic heterocycles. The van der Waals surface area contributed by atoms with Crippen molar-refractivity contribution in [3.05, 3.63) is 0 Å². The van der Waals surface area contributed by atoms with E-state index in [1.807, 2.05) is 0 Å². The largest absolute Gasteiger partial charge is 0.351 e. The lowest BCUT2D eigenvalue weighted by molar-refractivity contribution is -0.602. The number of rotatable bonds is 8. The van der Waals surface area contributed by atoms with Crippen LogP contribution >= 0.6 is 0 Å². The molecule has 0 heterocycles. The molecule has 0 rings (SSSR count). The van der Waals surface area contributed by atoms with Crippen LogP contribution in [0.1, 0.15) is 67.2 Å². The summed E-state index contributed by atoms with van der Waals surface area (Å²) in [5.74, 6) is -1.20. The lowest BCUT2D eigenvalue weighted by atomic mass is 9.87. The zero-order valence-corrected chi connectivity index (χ0v) is 13.3. The van der Waals surface area contributed by atoms with E-state index < -0.39 is 22.8 Å². The number of hydrogen-bond donors (Lipinski definition) is 0. The van der Waals surface area contributed by atoms with E-state index in [0.29, 0.717) is 6.42 Å². The van der Waals surface area contributed by atoms with Gasteiger partial charge < -0.3 is 0 Å². The Morgan fingerprint density at radius 2 is 1.35 bits per heavy atom. The lowest BCUT2D eigenvalue weighted by Crippen LogP contribution is -2.28. The molecule has 0 aliphatic rings. The average molecular weight is 290 g/mol. The predicted octanol–water partition coefficient (Wildman–Crippen LogP) is 3.50. The molecule has 0 unspecified atom stereocenters. The number of carbonyl (C=O) groups is 2. The second-order valence-electron chi connectivity index (χ2n) is 6.47. The van der Waals surface area contributed by atoms with E-state index in [1.54, 1.807) is 34.6 Å². The highest BCUT2D eigenvalue weighted by atomic mass is 17.7. The van der Waals surface area contributed by atoms with Gasteiger partial charge >= 0.3 is 11.9 Å². The SMILES string of the molecule is CCCCCC(C)(C)C(=O)OOOOC(=O)C(C)(C)C. The molecule has 0 amide bonds.